The lowest BCUT2D eigenvalue weighted by molar-refractivity contribution is -0.131. The Bertz CT molecular complexity index is 511. The van der Waals surface area contributed by atoms with Crippen molar-refractivity contribution in [3.8, 4) is 0 Å². The number of nitrogens with one attached hydrogen (secondary N) is 2. The van der Waals surface area contributed by atoms with Crippen LogP contribution in [0.3, 0.4) is 0 Å². The highest BCUT2D eigenvalue weighted by atomic mass is 16.2. The normalized spacial score (nSPS) is 33.2. The molecule has 2 saturated heterocycles. The number of rotatable bonds is 3. The van der Waals surface area contributed by atoms with Crippen LogP contribution >= 0.6 is 0 Å². The molecule has 2 bridgehead atoms. The zero-order valence-electron chi connectivity index (χ0n) is 12.5. The van der Waals surface area contributed by atoms with E-state index in [4.69, 9.17) is 0 Å². The van der Waals surface area contributed by atoms with Crippen molar-refractivity contribution >= 4 is 5.91 Å². The van der Waals surface area contributed by atoms with E-state index in [1.165, 1.54) is 24.8 Å². The maximum atomic E-state index is 12.9. The molecule has 1 aliphatic carbocycles. The number of amides is 1. The summed E-state index contributed by atoms with van der Waals surface area (Å²) in [6.45, 7) is 0. The van der Waals surface area contributed by atoms with Crippen LogP contribution in [0.2, 0.25) is 0 Å². The fourth-order valence-electron chi connectivity index (χ4n) is 4.43. The second-order valence-electron chi connectivity index (χ2n) is 7.08. The van der Waals surface area contributed by atoms with Crippen molar-refractivity contribution in [3.63, 3.8) is 0 Å². The van der Waals surface area contributed by atoms with Gasteiger partial charge in [0.2, 0.25) is 5.91 Å². The molecule has 2 atom stereocenters. The minimum atomic E-state index is -0.245. The van der Waals surface area contributed by atoms with Gasteiger partial charge in [0.25, 0.3) is 0 Å². The molecule has 3 fully saturated rings. The summed E-state index contributed by atoms with van der Waals surface area (Å²) in [6, 6.07) is 12.0. The highest BCUT2D eigenvalue weighted by molar-refractivity contribution is 5.89. The molecule has 1 aromatic carbocycles. The Morgan fingerprint density at radius 2 is 1.76 bits per heavy atom. The van der Waals surface area contributed by atoms with Crippen LogP contribution < -0.4 is 10.6 Å². The van der Waals surface area contributed by atoms with Crippen LogP contribution in [0, 0.1) is 0 Å². The molecule has 1 aromatic rings. The van der Waals surface area contributed by atoms with Crippen molar-refractivity contribution in [2.45, 2.75) is 68.5 Å². The van der Waals surface area contributed by atoms with E-state index < -0.39 is 0 Å². The smallest absolute Gasteiger partial charge is 0.230 e. The van der Waals surface area contributed by atoms with Crippen LogP contribution in [0.4, 0.5) is 0 Å². The standard InChI is InChI=1S/C18H24N2O/c21-17(20-16-11-14-7-8-15(12-16)19-14)18(9-4-10-18)13-5-2-1-3-6-13/h1-3,5-6,14-16,19H,4,7-12H2,(H,20,21). The van der Waals surface area contributed by atoms with Gasteiger partial charge in [0.05, 0.1) is 5.41 Å². The first-order valence-corrected chi connectivity index (χ1v) is 8.39. The maximum absolute atomic E-state index is 12.9. The molecule has 21 heavy (non-hydrogen) atoms. The van der Waals surface area contributed by atoms with Crippen LogP contribution in [-0.4, -0.2) is 24.0 Å². The van der Waals surface area contributed by atoms with Crippen molar-refractivity contribution < 1.29 is 4.79 Å². The maximum Gasteiger partial charge on any atom is 0.230 e. The third-order valence-corrected chi connectivity index (χ3v) is 5.78. The fraction of sp³-hybridized carbons (Fsp3) is 0.611. The number of hydrogen-bond acceptors (Lipinski definition) is 2. The van der Waals surface area contributed by atoms with E-state index in [0.717, 1.165) is 25.7 Å². The average molecular weight is 284 g/mol. The van der Waals surface area contributed by atoms with Crippen LogP contribution in [-0.2, 0) is 10.2 Å². The molecule has 2 heterocycles. The van der Waals surface area contributed by atoms with Crippen LogP contribution in [0.15, 0.2) is 30.3 Å². The van der Waals surface area contributed by atoms with Gasteiger partial charge in [0, 0.05) is 18.1 Å². The summed E-state index contributed by atoms with van der Waals surface area (Å²) in [4.78, 5) is 12.9. The summed E-state index contributed by atoms with van der Waals surface area (Å²) in [5.41, 5.74) is 0.955. The molecule has 0 radical (unpaired) electrons. The molecule has 4 rings (SSSR count). The number of piperidine rings is 1. The highest BCUT2D eigenvalue weighted by Gasteiger charge is 2.46. The minimum absolute atomic E-state index is 0.245. The molecule has 3 aliphatic rings. The molecule has 2 aliphatic heterocycles. The number of benzene rings is 1. The van der Waals surface area contributed by atoms with Crippen molar-refractivity contribution in [2.75, 3.05) is 0 Å². The minimum Gasteiger partial charge on any atom is -0.352 e. The lowest BCUT2D eigenvalue weighted by Crippen LogP contribution is -2.55. The third kappa shape index (κ3) is 2.28. The van der Waals surface area contributed by atoms with E-state index in [2.05, 4.69) is 22.8 Å². The fourth-order valence-corrected chi connectivity index (χ4v) is 4.43. The van der Waals surface area contributed by atoms with Crippen LogP contribution in [0.1, 0.15) is 50.5 Å². The summed E-state index contributed by atoms with van der Waals surface area (Å²) in [5, 5.41) is 7.02. The molecule has 112 valence electrons. The molecule has 0 spiro atoms. The molecular weight excluding hydrogens is 260 g/mol. The lowest BCUT2D eigenvalue weighted by atomic mass is 9.63. The Morgan fingerprint density at radius 1 is 1.10 bits per heavy atom. The molecule has 0 aromatic heterocycles. The van der Waals surface area contributed by atoms with Gasteiger partial charge >= 0.3 is 0 Å². The van der Waals surface area contributed by atoms with Gasteiger partial charge < -0.3 is 10.6 Å². The van der Waals surface area contributed by atoms with E-state index in [0.29, 0.717) is 18.1 Å². The first-order chi connectivity index (χ1) is 10.3. The first kappa shape index (κ1) is 13.3. The summed E-state index contributed by atoms with van der Waals surface area (Å²) >= 11 is 0. The number of hydrogen-bond donors (Lipinski definition) is 2. The van der Waals surface area contributed by atoms with Gasteiger partial charge in [-0.1, -0.05) is 36.8 Å². The van der Waals surface area contributed by atoms with Gasteiger partial charge in [0.15, 0.2) is 0 Å². The molecule has 2 N–H and O–H groups in total. The molecular formula is C18H24N2O. The topological polar surface area (TPSA) is 41.1 Å². The zero-order valence-corrected chi connectivity index (χ0v) is 12.5. The van der Waals surface area contributed by atoms with E-state index in [9.17, 15) is 4.79 Å². The van der Waals surface area contributed by atoms with E-state index in [1.807, 2.05) is 18.2 Å². The van der Waals surface area contributed by atoms with Gasteiger partial charge in [-0.15, -0.1) is 0 Å². The van der Waals surface area contributed by atoms with Crippen LogP contribution in [0.25, 0.3) is 0 Å². The summed E-state index contributed by atoms with van der Waals surface area (Å²) in [7, 11) is 0. The first-order valence-electron chi connectivity index (χ1n) is 8.39. The monoisotopic (exact) mass is 284 g/mol. The summed E-state index contributed by atoms with van der Waals surface area (Å²) in [5.74, 6) is 0.270. The Hall–Kier alpha value is -1.35. The molecule has 3 heteroatoms. The zero-order chi connectivity index (χ0) is 14.3. The molecule has 1 amide bonds. The SMILES string of the molecule is O=C(NC1CC2CCC(C1)N2)C1(c2ccccc2)CCC1. The predicted molar refractivity (Wildman–Crippen MR) is 83.1 cm³/mol. The molecule has 3 nitrogen and oxygen atoms in total. The van der Waals surface area contributed by atoms with Crippen molar-refractivity contribution in [1.82, 2.24) is 10.6 Å². The van der Waals surface area contributed by atoms with Gasteiger partial charge in [-0.25, -0.2) is 0 Å². The lowest BCUT2D eigenvalue weighted by Gasteiger charge is -2.42. The van der Waals surface area contributed by atoms with Crippen molar-refractivity contribution in [2.24, 2.45) is 0 Å². The Kier molecular flexibility index (Phi) is 3.26. The second-order valence-corrected chi connectivity index (χ2v) is 7.08. The van der Waals surface area contributed by atoms with Crippen LogP contribution in [0.5, 0.6) is 0 Å². The Labute approximate surface area is 126 Å². The average Bonchev–Trinajstić information content (AvgIpc) is 2.78. The summed E-state index contributed by atoms with van der Waals surface area (Å²) < 4.78 is 0. The Balaban J connectivity index is 1.48. The largest absolute Gasteiger partial charge is 0.352 e. The molecule has 1 saturated carbocycles. The highest BCUT2D eigenvalue weighted by Crippen LogP contribution is 2.44. The van der Waals surface area contributed by atoms with Crippen molar-refractivity contribution in [1.29, 1.82) is 0 Å². The number of carbonyl (C=O) groups excluding carboxylic acids is 1. The van der Waals surface area contributed by atoms with Gasteiger partial charge in [-0.05, 0) is 44.1 Å². The molecule has 2 unspecified atom stereocenters. The van der Waals surface area contributed by atoms with Gasteiger partial charge in [-0.3, -0.25) is 4.79 Å². The Morgan fingerprint density at radius 3 is 2.33 bits per heavy atom. The quantitative estimate of drug-likeness (QED) is 0.895. The van der Waals surface area contributed by atoms with E-state index in [1.54, 1.807) is 0 Å². The number of fused-ring (bicyclic) bond motifs is 2. The van der Waals surface area contributed by atoms with E-state index in [-0.39, 0.29) is 11.3 Å². The third-order valence-electron chi connectivity index (χ3n) is 5.78. The summed E-state index contributed by atoms with van der Waals surface area (Å²) in [6.07, 6.45) is 7.93. The predicted octanol–water partition coefficient (Wildman–Crippen LogP) is 2.51. The second kappa shape index (κ2) is 5.13. The van der Waals surface area contributed by atoms with Gasteiger partial charge in [-0.2, -0.15) is 0 Å². The van der Waals surface area contributed by atoms with Gasteiger partial charge in [0.1, 0.15) is 0 Å². The number of carbonyl (C=O) groups is 1. The van der Waals surface area contributed by atoms with Crippen molar-refractivity contribution in [3.05, 3.63) is 35.9 Å². The van der Waals surface area contributed by atoms with E-state index >= 15 is 0 Å².